The first kappa shape index (κ1) is 22.3. The van der Waals surface area contributed by atoms with Crippen LogP contribution in [0, 0.1) is 5.92 Å². The van der Waals surface area contributed by atoms with E-state index in [2.05, 4.69) is 12.1 Å². The van der Waals surface area contributed by atoms with Gasteiger partial charge in [0.1, 0.15) is 11.3 Å². The van der Waals surface area contributed by atoms with Gasteiger partial charge in [0.05, 0.1) is 5.92 Å². The van der Waals surface area contributed by atoms with Gasteiger partial charge in [-0.15, -0.1) is 0 Å². The minimum Gasteiger partial charge on any atom is -0.481 e. The Kier molecular flexibility index (Phi) is 7.41. The zero-order valence-electron chi connectivity index (χ0n) is 18.6. The fraction of sp³-hybridized carbons (Fsp3) is 0.429. The molecule has 1 atom stereocenters. The maximum Gasteiger partial charge on any atom is 0.306 e. The quantitative estimate of drug-likeness (QED) is 0.218. The van der Waals surface area contributed by atoms with E-state index in [0.717, 1.165) is 61.7 Å². The third-order valence-corrected chi connectivity index (χ3v) is 6.67. The van der Waals surface area contributed by atoms with Gasteiger partial charge in [-0.1, -0.05) is 61.7 Å². The predicted octanol–water partition coefficient (Wildman–Crippen LogP) is 6.78. The lowest BCUT2D eigenvalue weighted by Gasteiger charge is -2.12. The Hall–Kier alpha value is -2.88. The molecule has 0 saturated carbocycles. The van der Waals surface area contributed by atoms with E-state index in [-0.39, 0.29) is 12.2 Å². The van der Waals surface area contributed by atoms with E-state index >= 15 is 0 Å². The average molecular weight is 433 g/mol. The van der Waals surface area contributed by atoms with E-state index < -0.39 is 11.9 Å². The second kappa shape index (κ2) is 10.6. The average Bonchev–Trinajstić information content (AvgIpc) is 2.98. The van der Waals surface area contributed by atoms with E-state index in [1.807, 2.05) is 36.4 Å². The molecule has 0 fully saturated rings. The minimum absolute atomic E-state index is 0.0416. The van der Waals surface area contributed by atoms with Crippen LogP contribution >= 0.6 is 0 Å². The third kappa shape index (κ3) is 5.48. The number of carbonyl (C=O) groups is 2. The number of carbonyl (C=O) groups excluding carboxylic acids is 1. The molecule has 1 aromatic heterocycles. The summed E-state index contributed by atoms with van der Waals surface area (Å²) < 4.78 is 6.07. The van der Waals surface area contributed by atoms with Crippen molar-refractivity contribution in [2.24, 2.45) is 5.92 Å². The largest absolute Gasteiger partial charge is 0.481 e. The summed E-state index contributed by atoms with van der Waals surface area (Å²) in [7, 11) is 0. The van der Waals surface area contributed by atoms with E-state index in [9.17, 15) is 14.7 Å². The lowest BCUT2D eigenvalue weighted by Crippen LogP contribution is -2.18. The number of rotatable bonds is 10. The van der Waals surface area contributed by atoms with Crippen LogP contribution in [0.15, 0.2) is 52.9 Å². The van der Waals surface area contributed by atoms with Gasteiger partial charge < -0.3 is 9.52 Å². The Morgan fingerprint density at radius 1 is 0.938 bits per heavy atom. The van der Waals surface area contributed by atoms with Crippen molar-refractivity contribution in [3.8, 4) is 0 Å². The SMILES string of the molecule is O=C(C[C@H](CCCCCc1ccccc1)C(=O)O)c1ccc2c3c(oc2c1)CCCCC3. The standard InChI is InChI=1S/C28H32O4/c29-25(18-22(28(30)31)13-7-2-6-12-20-10-4-1-5-11-20)21-16-17-24-23-14-8-3-9-15-26(23)32-27(24)19-21/h1,4-5,10-11,16-17,19,22H,2-3,6-9,12-15,18H2,(H,30,31)/t22-/m0/s1. The normalized spacial score (nSPS) is 14.6. The molecule has 4 rings (SSSR count). The fourth-order valence-electron chi connectivity index (χ4n) is 4.81. The summed E-state index contributed by atoms with van der Waals surface area (Å²) in [6, 6.07) is 16.0. The Labute approximate surface area is 189 Å². The summed E-state index contributed by atoms with van der Waals surface area (Å²) in [6.45, 7) is 0. The molecule has 1 N–H and O–H groups in total. The molecule has 0 bridgehead atoms. The molecule has 4 nitrogen and oxygen atoms in total. The summed E-state index contributed by atoms with van der Waals surface area (Å²) in [4.78, 5) is 24.6. The highest BCUT2D eigenvalue weighted by atomic mass is 16.4. The van der Waals surface area contributed by atoms with Crippen LogP contribution in [0.5, 0.6) is 0 Å². The number of hydrogen-bond donors (Lipinski definition) is 1. The second-order valence-corrected chi connectivity index (χ2v) is 9.02. The monoisotopic (exact) mass is 432 g/mol. The number of aryl methyl sites for hydroxylation is 3. The molecule has 0 spiro atoms. The molecule has 3 aromatic rings. The van der Waals surface area contributed by atoms with Crippen molar-refractivity contribution < 1.29 is 19.1 Å². The maximum absolute atomic E-state index is 12.9. The predicted molar refractivity (Wildman–Crippen MR) is 126 cm³/mol. The van der Waals surface area contributed by atoms with Crippen molar-refractivity contribution in [2.45, 2.75) is 70.6 Å². The van der Waals surface area contributed by atoms with Crippen LogP contribution in [0.1, 0.15) is 78.6 Å². The van der Waals surface area contributed by atoms with Crippen molar-refractivity contribution in [3.63, 3.8) is 0 Å². The molecular weight excluding hydrogens is 400 g/mol. The smallest absolute Gasteiger partial charge is 0.306 e. The van der Waals surface area contributed by atoms with Crippen LogP contribution in [0.2, 0.25) is 0 Å². The molecular formula is C28H32O4. The zero-order chi connectivity index (χ0) is 22.3. The number of fused-ring (bicyclic) bond motifs is 3. The van der Waals surface area contributed by atoms with Gasteiger partial charge in [0.15, 0.2) is 5.78 Å². The molecule has 1 aliphatic rings. The van der Waals surface area contributed by atoms with Crippen LogP contribution in [0.25, 0.3) is 11.0 Å². The summed E-state index contributed by atoms with van der Waals surface area (Å²) in [6.07, 6.45) is 9.93. The number of unbranched alkanes of at least 4 members (excludes halogenated alkanes) is 2. The highest BCUT2D eigenvalue weighted by Gasteiger charge is 2.23. The molecule has 0 unspecified atom stereocenters. The van der Waals surface area contributed by atoms with E-state index in [4.69, 9.17) is 4.42 Å². The van der Waals surface area contributed by atoms with Crippen molar-refractivity contribution >= 4 is 22.7 Å². The number of aliphatic carboxylic acids is 1. The maximum atomic E-state index is 12.9. The van der Waals surface area contributed by atoms with Gasteiger partial charge in [0, 0.05) is 29.4 Å². The number of furan rings is 1. The number of benzene rings is 2. The van der Waals surface area contributed by atoms with Crippen molar-refractivity contribution in [1.82, 2.24) is 0 Å². The number of ketones is 1. The summed E-state index contributed by atoms with van der Waals surface area (Å²) in [5, 5.41) is 10.7. The number of carboxylic acids is 1. The summed E-state index contributed by atoms with van der Waals surface area (Å²) in [5.41, 5.74) is 3.91. The van der Waals surface area contributed by atoms with E-state index in [0.29, 0.717) is 12.0 Å². The van der Waals surface area contributed by atoms with Gasteiger partial charge in [-0.3, -0.25) is 9.59 Å². The first-order valence-electron chi connectivity index (χ1n) is 12.0. The minimum atomic E-state index is -0.882. The van der Waals surface area contributed by atoms with Gasteiger partial charge in [0.2, 0.25) is 0 Å². The van der Waals surface area contributed by atoms with E-state index in [1.165, 1.54) is 24.0 Å². The lowest BCUT2D eigenvalue weighted by molar-refractivity contribution is -0.141. The molecule has 1 aliphatic carbocycles. The van der Waals surface area contributed by atoms with Crippen LogP contribution in [0.3, 0.4) is 0 Å². The van der Waals surface area contributed by atoms with Gasteiger partial charge in [-0.25, -0.2) is 0 Å². The molecule has 32 heavy (non-hydrogen) atoms. The molecule has 4 heteroatoms. The van der Waals surface area contributed by atoms with Crippen LogP contribution in [-0.4, -0.2) is 16.9 Å². The van der Waals surface area contributed by atoms with Crippen LogP contribution in [-0.2, 0) is 24.1 Å². The van der Waals surface area contributed by atoms with Gasteiger partial charge in [-0.05, 0) is 50.2 Å². The molecule has 168 valence electrons. The molecule has 0 radical (unpaired) electrons. The Morgan fingerprint density at radius 2 is 1.75 bits per heavy atom. The van der Waals surface area contributed by atoms with Gasteiger partial charge in [-0.2, -0.15) is 0 Å². The second-order valence-electron chi connectivity index (χ2n) is 9.02. The molecule has 0 amide bonds. The first-order valence-corrected chi connectivity index (χ1v) is 12.0. The number of hydrogen-bond acceptors (Lipinski definition) is 3. The highest BCUT2D eigenvalue weighted by molar-refractivity contribution is 6.01. The summed E-state index contributed by atoms with van der Waals surface area (Å²) in [5.74, 6) is -0.577. The van der Waals surface area contributed by atoms with Crippen molar-refractivity contribution in [1.29, 1.82) is 0 Å². The fourth-order valence-corrected chi connectivity index (χ4v) is 4.81. The van der Waals surface area contributed by atoms with Crippen molar-refractivity contribution in [3.05, 3.63) is 71.0 Å². The zero-order valence-corrected chi connectivity index (χ0v) is 18.6. The van der Waals surface area contributed by atoms with Crippen LogP contribution < -0.4 is 0 Å². The van der Waals surface area contributed by atoms with Gasteiger partial charge >= 0.3 is 5.97 Å². The lowest BCUT2D eigenvalue weighted by atomic mass is 9.92. The molecule has 2 aromatic carbocycles. The van der Waals surface area contributed by atoms with Gasteiger partial charge in [0.25, 0.3) is 0 Å². The molecule has 0 saturated heterocycles. The Balaban J connectivity index is 1.33. The first-order chi connectivity index (χ1) is 15.6. The number of carboxylic acid groups (broad SMARTS) is 1. The highest BCUT2D eigenvalue weighted by Crippen LogP contribution is 2.32. The van der Waals surface area contributed by atoms with E-state index in [1.54, 1.807) is 0 Å². The molecule has 1 heterocycles. The number of Topliss-reactive ketones (excluding diaryl/α,β-unsaturated/α-hetero) is 1. The Bertz CT molecular complexity index is 1060. The molecule has 0 aliphatic heterocycles. The topological polar surface area (TPSA) is 67.5 Å². The van der Waals surface area contributed by atoms with Crippen molar-refractivity contribution in [2.75, 3.05) is 0 Å². The van der Waals surface area contributed by atoms with Crippen LogP contribution in [0.4, 0.5) is 0 Å². The summed E-state index contributed by atoms with van der Waals surface area (Å²) >= 11 is 0. The third-order valence-electron chi connectivity index (χ3n) is 6.67. The Morgan fingerprint density at radius 3 is 2.56 bits per heavy atom.